The van der Waals surface area contributed by atoms with Crippen LogP contribution in [0.15, 0.2) is 79.1 Å². The molecule has 0 unspecified atom stereocenters. The zero-order chi connectivity index (χ0) is 18.9. The van der Waals surface area contributed by atoms with Gasteiger partial charge in [0.2, 0.25) is 0 Å². The summed E-state index contributed by atoms with van der Waals surface area (Å²) in [4.78, 5) is 4.12. The van der Waals surface area contributed by atoms with E-state index >= 15 is 0 Å². The monoisotopic (exact) mass is 375 g/mol. The fourth-order valence-corrected chi connectivity index (χ4v) is 3.23. The Morgan fingerprint density at radius 3 is 2.26 bits per heavy atom. The molecule has 0 saturated carbocycles. The Balaban J connectivity index is 1.69. The van der Waals surface area contributed by atoms with Crippen LogP contribution in [0.1, 0.15) is 42.5 Å². The van der Waals surface area contributed by atoms with Crippen LogP contribution in [-0.4, -0.2) is 10.1 Å². The predicted octanol–water partition coefficient (Wildman–Crippen LogP) is 5.50. The zero-order valence-electron chi connectivity index (χ0n) is 15.6. The van der Waals surface area contributed by atoms with Gasteiger partial charge in [-0.2, -0.15) is 0 Å². The first-order chi connectivity index (χ1) is 13.3. The molecule has 138 valence electrons. The van der Waals surface area contributed by atoms with E-state index in [0.29, 0.717) is 5.11 Å². The number of unbranched alkanes of at least 4 members (excludes halogenated alkanes) is 1. The first-order valence-corrected chi connectivity index (χ1v) is 9.78. The Bertz CT molecular complexity index is 793. The van der Waals surface area contributed by atoms with Crippen LogP contribution in [0.25, 0.3) is 0 Å². The van der Waals surface area contributed by atoms with E-state index in [1.54, 1.807) is 12.4 Å². The normalized spacial score (nSPS) is 11.6. The summed E-state index contributed by atoms with van der Waals surface area (Å²) in [5.41, 5.74) is 4.63. The van der Waals surface area contributed by atoms with E-state index in [9.17, 15) is 0 Å². The Kier molecular flexibility index (Phi) is 6.94. The largest absolute Gasteiger partial charge is 0.352 e. The van der Waals surface area contributed by atoms with Crippen molar-refractivity contribution < 1.29 is 0 Å². The number of hydrogen-bond donors (Lipinski definition) is 2. The summed E-state index contributed by atoms with van der Waals surface area (Å²) < 4.78 is 0. The maximum atomic E-state index is 5.58. The van der Waals surface area contributed by atoms with E-state index in [1.807, 2.05) is 30.3 Å². The molecule has 0 aliphatic heterocycles. The highest BCUT2D eigenvalue weighted by Gasteiger charge is 2.15. The molecular formula is C23H25N3S. The van der Waals surface area contributed by atoms with Crippen LogP contribution in [0.5, 0.6) is 0 Å². The third-order valence-corrected chi connectivity index (χ3v) is 4.70. The lowest BCUT2D eigenvalue weighted by molar-refractivity contribution is 0.767. The number of nitrogens with zero attached hydrogens (tertiary/aromatic N) is 1. The summed E-state index contributed by atoms with van der Waals surface area (Å²) in [7, 11) is 0. The van der Waals surface area contributed by atoms with Crippen molar-refractivity contribution in [3.05, 3.63) is 95.8 Å². The van der Waals surface area contributed by atoms with Gasteiger partial charge in [-0.25, -0.2) is 0 Å². The average Bonchev–Trinajstić information content (AvgIpc) is 2.73. The third-order valence-electron chi connectivity index (χ3n) is 4.48. The van der Waals surface area contributed by atoms with E-state index in [4.69, 9.17) is 12.2 Å². The molecule has 3 rings (SSSR count). The van der Waals surface area contributed by atoms with Crippen LogP contribution in [-0.2, 0) is 6.42 Å². The molecule has 2 N–H and O–H groups in total. The first kappa shape index (κ1) is 19.1. The number of aromatic nitrogens is 1. The van der Waals surface area contributed by atoms with Crippen molar-refractivity contribution in [2.24, 2.45) is 0 Å². The van der Waals surface area contributed by atoms with Crippen molar-refractivity contribution in [1.29, 1.82) is 0 Å². The number of anilines is 1. The minimum Gasteiger partial charge on any atom is -0.352 e. The second-order valence-corrected chi connectivity index (χ2v) is 6.93. The SMILES string of the molecule is CCCCc1ccc(NC(=S)N[C@H](c2ccccc2)c2ccncc2)cc1. The lowest BCUT2D eigenvalue weighted by Crippen LogP contribution is -2.33. The quantitative estimate of drug-likeness (QED) is 0.535. The van der Waals surface area contributed by atoms with Gasteiger partial charge < -0.3 is 10.6 Å². The average molecular weight is 376 g/mol. The van der Waals surface area contributed by atoms with Gasteiger partial charge in [-0.3, -0.25) is 4.98 Å². The molecule has 1 atom stereocenters. The summed E-state index contributed by atoms with van der Waals surface area (Å²) in [5.74, 6) is 0. The molecule has 0 saturated heterocycles. The smallest absolute Gasteiger partial charge is 0.171 e. The second-order valence-electron chi connectivity index (χ2n) is 6.52. The molecule has 1 aromatic heterocycles. The molecular weight excluding hydrogens is 350 g/mol. The summed E-state index contributed by atoms with van der Waals surface area (Å²) in [6.45, 7) is 2.21. The summed E-state index contributed by atoms with van der Waals surface area (Å²) in [6, 6.07) is 22.8. The molecule has 2 aromatic carbocycles. The summed E-state index contributed by atoms with van der Waals surface area (Å²) in [5, 5.41) is 7.34. The molecule has 0 bridgehead atoms. The first-order valence-electron chi connectivity index (χ1n) is 9.37. The lowest BCUT2D eigenvalue weighted by atomic mass is 10.00. The van der Waals surface area contributed by atoms with Crippen molar-refractivity contribution in [2.45, 2.75) is 32.2 Å². The van der Waals surface area contributed by atoms with Crippen LogP contribution in [0, 0.1) is 0 Å². The van der Waals surface area contributed by atoms with Gasteiger partial charge in [0.1, 0.15) is 0 Å². The molecule has 0 spiro atoms. The topological polar surface area (TPSA) is 37.0 Å². The van der Waals surface area contributed by atoms with Gasteiger partial charge in [0, 0.05) is 18.1 Å². The Morgan fingerprint density at radius 2 is 1.59 bits per heavy atom. The Labute approximate surface area is 166 Å². The molecule has 4 heteroatoms. The van der Waals surface area contributed by atoms with Crippen molar-refractivity contribution in [3.8, 4) is 0 Å². The zero-order valence-corrected chi connectivity index (χ0v) is 16.4. The highest BCUT2D eigenvalue weighted by atomic mass is 32.1. The number of benzene rings is 2. The fourth-order valence-electron chi connectivity index (χ4n) is 2.99. The minimum absolute atomic E-state index is 0.0296. The Morgan fingerprint density at radius 1 is 0.926 bits per heavy atom. The van der Waals surface area contributed by atoms with Crippen LogP contribution in [0.4, 0.5) is 5.69 Å². The second kappa shape index (κ2) is 9.83. The maximum Gasteiger partial charge on any atom is 0.171 e. The van der Waals surface area contributed by atoms with Gasteiger partial charge >= 0.3 is 0 Å². The Hall–Kier alpha value is -2.72. The molecule has 1 heterocycles. The summed E-state index contributed by atoms with van der Waals surface area (Å²) >= 11 is 5.58. The van der Waals surface area contributed by atoms with Crippen LogP contribution < -0.4 is 10.6 Å². The van der Waals surface area contributed by atoms with E-state index in [0.717, 1.165) is 23.2 Å². The van der Waals surface area contributed by atoms with Crippen molar-refractivity contribution in [3.63, 3.8) is 0 Å². The molecule has 0 aliphatic carbocycles. The number of aryl methyl sites for hydroxylation is 1. The minimum atomic E-state index is -0.0296. The number of rotatable bonds is 7. The molecule has 0 fully saturated rings. The van der Waals surface area contributed by atoms with E-state index in [1.165, 1.54) is 18.4 Å². The van der Waals surface area contributed by atoms with E-state index < -0.39 is 0 Å². The van der Waals surface area contributed by atoms with Gasteiger partial charge in [-0.15, -0.1) is 0 Å². The van der Waals surface area contributed by atoms with Crippen molar-refractivity contribution in [1.82, 2.24) is 10.3 Å². The molecule has 27 heavy (non-hydrogen) atoms. The van der Waals surface area contributed by atoms with Gasteiger partial charge in [0.25, 0.3) is 0 Å². The van der Waals surface area contributed by atoms with Gasteiger partial charge in [0.05, 0.1) is 6.04 Å². The third kappa shape index (κ3) is 5.63. The number of thiocarbonyl (C=S) groups is 1. The van der Waals surface area contributed by atoms with Crippen LogP contribution in [0.3, 0.4) is 0 Å². The van der Waals surface area contributed by atoms with E-state index in [2.05, 4.69) is 58.9 Å². The van der Waals surface area contributed by atoms with Crippen LogP contribution >= 0.6 is 12.2 Å². The number of nitrogens with one attached hydrogen (secondary N) is 2. The molecule has 0 aliphatic rings. The summed E-state index contributed by atoms with van der Waals surface area (Å²) in [6.07, 6.45) is 7.16. The maximum absolute atomic E-state index is 5.58. The molecule has 0 amide bonds. The highest BCUT2D eigenvalue weighted by Crippen LogP contribution is 2.21. The standard InChI is InChI=1S/C23H25N3S/c1-2-3-7-18-10-12-21(13-11-18)25-23(27)26-22(19-8-5-4-6-9-19)20-14-16-24-17-15-20/h4-6,8-17,22H,2-3,7H2,1H3,(H2,25,26,27)/t22-/m1/s1. The van der Waals surface area contributed by atoms with Gasteiger partial charge in [-0.1, -0.05) is 55.8 Å². The van der Waals surface area contributed by atoms with Gasteiger partial charge in [-0.05, 0) is 66.0 Å². The molecule has 0 radical (unpaired) electrons. The van der Waals surface area contributed by atoms with Crippen LogP contribution in [0.2, 0.25) is 0 Å². The van der Waals surface area contributed by atoms with E-state index in [-0.39, 0.29) is 6.04 Å². The highest BCUT2D eigenvalue weighted by molar-refractivity contribution is 7.80. The van der Waals surface area contributed by atoms with Crippen molar-refractivity contribution >= 4 is 23.0 Å². The number of hydrogen-bond acceptors (Lipinski definition) is 2. The predicted molar refractivity (Wildman–Crippen MR) is 117 cm³/mol. The van der Waals surface area contributed by atoms with Gasteiger partial charge in [0.15, 0.2) is 5.11 Å². The lowest BCUT2D eigenvalue weighted by Gasteiger charge is -2.22. The molecule has 3 nitrogen and oxygen atoms in total. The van der Waals surface area contributed by atoms with Crippen molar-refractivity contribution in [2.75, 3.05) is 5.32 Å². The molecule has 3 aromatic rings. The number of pyridine rings is 1. The fraction of sp³-hybridized carbons (Fsp3) is 0.217.